The van der Waals surface area contributed by atoms with Gasteiger partial charge < -0.3 is 0 Å². The fourth-order valence-electron chi connectivity index (χ4n) is 1.15. The number of aromatic nitrogens is 3. The monoisotopic (exact) mass is 167 g/mol. The molecule has 0 N–H and O–H groups in total. The quantitative estimate of drug-likeness (QED) is 0.671. The van der Waals surface area contributed by atoms with Gasteiger partial charge in [-0.3, -0.25) is 4.68 Å². The Balaban J connectivity index is 2.41. The first-order valence-corrected chi connectivity index (χ1v) is 4.75. The van der Waals surface area contributed by atoms with Gasteiger partial charge in [-0.2, -0.15) is 0 Å². The van der Waals surface area contributed by atoms with Crippen molar-refractivity contribution in [3.05, 3.63) is 11.9 Å². The summed E-state index contributed by atoms with van der Waals surface area (Å²) in [5.41, 5.74) is 1.13. The van der Waals surface area contributed by atoms with Crippen LogP contribution in [0.1, 0.15) is 38.8 Å². The molecular formula is C9H17N3. The van der Waals surface area contributed by atoms with Gasteiger partial charge in [-0.1, -0.05) is 25.5 Å². The predicted molar refractivity (Wildman–Crippen MR) is 48.9 cm³/mol. The van der Waals surface area contributed by atoms with E-state index in [1.807, 2.05) is 4.68 Å². The molecule has 0 saturated carbocycles. The van der Waals surface area contributed by atoms with Crippen LogP contribution in [0.15, 0.2) is 6.20 Å². The standard InChI is InChI=1S/C9H17N3/c1-3-5-6-9-8-12(7-4-2)11-10-9/h8H,3-7H2,1-2H3. The minimum Gasteiger partial charge on any atom is -0.252 e. The van der Waals surface area contributed by atoms with Gasteiger partial charge in [0.05, 0.1) is 5.69 Å². The number of nitrogens with zero attached hydrogens (tertiary/aromatic N) is 3. The summed E-state index contributed by atoms with van der Waals surface area (Å²) in [6.45, 7) is 5.32. The molecule has 0 aromatic carbocycles. The van der Waals surface area contributed by atoms with Crippen molar-refractivity contribution in [2.75, 3.05) is 0 Å². The first kappa shape index (κ1) is 9.23. The summed E-state index contributed by atoms with van der Waals surface area (Å²) in [5, 5.41) is 8.11. The minimum absolute atomic E-state index is 0.985. The lowest BCUT2D eigenvalue weighted by molar-refractivity contribution is 0.578. The third kappa shape index (κ3) is 2.64. The van der Waals surface area contributed by atoms with Crippen LogP contribution in [0.3, 0.4) is 0 Å². The molecule has 1 aromatic rings. The second kappa shape index (κ2) is 4.91. The van der Waals surface area contributed by atoms with Crippen LogP contribution in [0.4, 0.5) is 0 Å². The maximum Gasteiger partial charge on any atom is 0.0827 e. The molecule has 0 radical (unpaired) electrons. The molecular weight excluding hydrogens is 150 g/mol. The van der Waals surface area contributed by atoms with E-state index in [1.54, 1.807) is 0 Å². The summed E-state index contributed by atoms with van der Waals surface area (Å²) >= 11 is 0. The fraction of sp³-hybridized carbons (Fsp3) is 0.778. The van der Waals surface area contributed by atoms with Crippen LogP contribution in [0, 0.1) is 0 Å². The molecule has 0 bridgehead atoms. The van der Waals surface area contributed by atoms with Crippen molar-refractivity contribution in [2.24, 2.45) is 0 Å². The predicted octanol–water partition coefficient (Wildman–Crippen LogP) is 2.03. The highest BCUT2D eigenvalue weighted by molar-refractivity contribution is 4.91. The molecule has 0 fully saturated rings. The molecule has 0 aliphatic heterocycles. The molecule has 1 aromatic heterocycles. The zero-order valence-corrected chi connectivity index (χ0v) is 7.95. The van der Waals surface area contributed by atoms with Crippen LogP contribution in [0.25, 0.3) is 0 Å². The average molecular weight is 167 g/mol. The van der Waals surface area contributed by atoms with E-state index in [-0.39, 0.29) is 0 Å². The van der Waals surface area contributed by atoms with Gasteiger partial charge in [-0.05, 0) is 19.3 Å². The fourth-order valence-corrected chi connectivity index (χ4v) is 1.15. The zero-order valence-electron chi connectivity index (χ0n) is 7.95. The van der Waals surface area contributed by atoms with Crippen LogP contribution < -0.4 is 0 Å². The van der Waals surface area contributed by atoms with Gasteiger partial charge in [0.1, 0.15) is 0 Å². The third-order valence-electron chi connectivity index (χ3n) is 1.83. The van der Waals surface area contributed by atoms with Gasteiger partial charge in [-0.15, -0.1) is 5.10 Å². The molecule has 0 unspecified atom stereocenters. The maximum atomic E-state index is 4.09. The zero-order chi connectivity index (χ0) is 8.81. The van der Waals surface area contributed by atoms with E-state index in [0.29, 0.717) is 0 Å². The molecule has 3 heteroatoms. The van der Waals surface area contributed by atoms with Gasteiger partial charge in [0, 0.05) is 12.7 Å². The lowest BCUT2D eigenvalue weighted by Gasteiger charge is -1.93. The highest BCUT2D eigenvalue weighted by Crippen LogP contribution is 2.00. The Morgan fingerprint density at radius 3 is 2.83 bits per heavy atom. The van der Waals surface area contributed by atoms with Crippen LogP contribution >= 0.6 is 0 Å². The molecule has 0 aliphatic rings. The molecule has 3 nitrogen and oxygen atoms in total. The summed E-state index contributed by atoms with van der Waals surface area (Å²) in [6, 6.07) is 0. The van der Waals surface area contributed by atoms with Crippen molar-refractivity contribution in [2.45, 2.75) is 46.1 Å². The van der Waals surface area contributed by atoms with Gasteiger partial charge in [0.15, 0.2) is 0 Å². The van der Waals surface area contributed by atoms with E-state index >= 15 is 0 Å². The largest absolute Gasteiger partial charge is 0.252 e. The number of aryl methyl sites for hydroxylation is 2. The maximum absolute atomic E-state index is 4.09. The molecule has 0 saturated heterocycles. The highest BCUT2D eigenvalue weighted by atomic mass is 15.4. The van der Waals surface area contributed by atoms with Gasteiger partial charge in [0.25, 0.3) is 0 Å². The summed E-state index contributed by atoms with van der Waals surface area (Å²) in [6.07, 6.45) is 6.68. The van der Waals surface area contributed by atoms with E-state index in [9.17, 15) is 0 Å². The lowest BCUT2D eigenvalue weighted by atomic mass is 10.2. The molecule has 12 heavy (non-hydrogen) atoms. The topological polar surface area (TPSA) is 30.7 Å². The molecule has 68 valence electrons. The van der Waals surface area contributed by atoms with Gasteiger partial charge in [-0.25, -0.2) is 0 Å². The van der Waals surface area contributed by atoms with Crippen molar-refractivity contribution in [1.82, 2.24) is 15.0 Å². The second-order valence-corrected chi connectivity index (χ2v) is 3.08. The van der Waals surface area contributed by atoms with E-state index < -0.39 is 0 Å². The van der Waals surface area contributed by atoms with E-state index in [0.717, 1.165) is 25.1 Å². The smallest absolute Gasteiger partial charge is 0.0827 e. The van der Waals surface area contributed by atoms with Crippen molar-refractivity contribution >= 4 is 0 Å². The first-order chi connectivity index (χ1) is 5.86. The van der Waals surface area contributed by atoms with E-state index in [4.69, 9.17) is 0 Å². The van der Waals surface area contributed by atoms with E-state index in [1.165, 1.54) is 12.8 Å². The lowest BCUT2D eigenvalue weighted by Crippen LogP contribution is -1.96. The number of rotatable bonds is 5. The first-order valence-electron chi connectivity index (χ1n) is 4.75. The van der Waals surface area contributed by atoms with Crippen molar-refractivity contribution in [3.63, 3.8) is 0 Å². The Hall–Kier alpha value is -0.860. The number of hydrogen-bond donors (Lipinski definition) is 0. The highest BCUT2D eigenvalue weighted by Gasteiger charge is 1.98. The summed E-state index contributed by atoms with van der Waals surface area (Å²) in [7, 11) is 0. The summed E-state index contributed by atoms with van der Waals surface area (Å²) < 4.78 is 1.92. The molecule has 0 atom stereocenters. The van der Waals surface area contributed by atoms with Gasteiger partial charge >= 0.3 is 0 Å². The van der Waals surface area contributed by atoms with Gasteiger partial charge in [0.2, 0.25) is 0 Å². The normalized spacial score (nSPS) is 10.5. The van der Waals surface area contributed by atoms with Crippen LogP contribution in [-0.4, -0.2) is 15.0 Å². The summed E-state index contributed by atoms with van der Waals surface area (Å²) in [5.74, 6) is 0. The summed E-state index contributed by atoms with van der Waals surface area (Å²) in [4.78, 5) is 0. The molecule has 0 spiro atoms. The Morgan fingerprint density at radius 2 is 2.17 bits per heavy atom. The van der Waals surface area contributed by atoms with E-state index in [2.05, 4.69) is 30.4 Å². The molecule has 0 aliphatic carbocycles. The molecule has 1 heterocycles. The SMILES string of the molecule is CCCCc1cn(CCC)nn1. The number of hydrogen-bond acceptors (Lipinski definition) is 2. The number of unbranched alkanes of at least 4 members (excludes halogenated alkanes) is 1. The Bertz CT molecular complexity index is 217. The van der Waals surface area contributed by atoms with Crippen LogP contribution in [0.5, 0.6) is 0 Å². The van der Waals surface area contributed by atoms with Crippen LogP contribution in [-0.2, 0) is 13.0 Å². The third-order valence-corrected chi connectivity index (χ3v) is 1.83. The van der Waals surface area contributed by atoms with Crippen LogP contribution in [0.2, 0.25) is 0 Å². The Labute approximate surface area is 73.8 Å². The minimum atomic E-state index is 0.985. The van der Waals surface area contributed by atoms with Crippen molar-refractivity contribution in [1.29, 1.82) is 0 Å². The average Bonchev–Trinajstić information content (AvgIpc) is 2.50. The molecule has 0 amide bonds. The molecule has 1 rings (SSSR count). The Kier molecular flexibility index (Phi) is 3.77. The van der Waals surface area contributed by atoms with Crippen molar-refractivity contribution < 1.29 is 0 Å². The second-order valence-electron chi connectivity index (χ2n) is 3.08. The Morgan fingerprint density at radius 1 is 1.33 bits per heavy atom. The van der Waals surface area contributed by atoms with Crippen molar-refractivity contribution in [3.8, 4) is 0 Å².